The Bertz CT molecular complexity index is 434. The summed E-state index contributed by atoms with van der Waals surface area (Å²) in [6, 6.07) is 8.68. The van der Waals surface area contributed by atoms with Crippen molar-refractivity contribution >= 4 is 5.91 Å². The Morgan fingerprint density at radius 1 is 1.33 bits per heavy atom. The summed E-state index contributed by atoms with van der Waals surface area (Å²) in [6.07, 6.45) is 1.49. The van der Waals surface area contributed by atoms with Gasteiger partial charge in [0, 0.05) is 24.5 Å². The molecular formula is C15H22N2O. The summed E-state index contributed by atoms with van der Waals surface area (Å²) < 4.78 is 0. The first-order chi connectivity index (χ1) is 8.44. The molecule has 3 heteroatoms. The predicted octanol–water partition coefficient (Wildman–Crippen LogP) is 2.01. The molecule has 3 nitrogen and oxygen atoms in total. The molecule has 0 spiro atoms. The van der Waals surface area contributed by atoms with Crippen molar-refractivity contribution in [3.63, 3.8) is 0 Å². The molecule has 0 saturated heterocycles. The smallest absolute Gasteiger partial charge is 0.221 e. The van der Waals surface area contributed by atoms with Gasteiger partial charge in [-0.05, 0) is 38.3 Å². The van der Waals surface area contributed by atoms with E-state index in [9.17, 15) is 4.79 Å². The molecule has 2 N–H and O–H groups in total. The maximum absolute atomic E-state index is 11.9. The molecule has 0 fully saturated rings. The summed E-state index contributed by atoms with van der Waals surface area (Å²) in [4.78, 5) is 11.9. The van der Waals surface area contributed by atoms with Crippen LogP contribution in [0.15, 0.2) is 24.3 Å². The van der Waals surface area contributed by atoms with E-state index in [-0.39, 0.29) is 17.5 Å². The van der Waals surface area contributed by atoms with Gasteiger partial charge in [-0.15, -0.1) is 0 Å². The summed E-state index contributed by atoms with van der Waals surface area (Å²) in [7, 11) is 0. The van der Waals surface area contributed by atoms with Crippen molar-refractivity contribution in [2.45, 2.75) is 51.7 Å². The standard InChI is InChI=1S/C15H22N2O/c1-15(2,3)17-14(18)9-13-8-11-6-4-5-7-12(11)10-16-13/h4-7,13,16H,8-10H2,1-3H3,(H,17,18). The van der Waals surface area contributed by atoms with E-state index in [1.165, 1.54) is 11.1 Å². The van der Waals surface area contributed by atoms with Crippen LogP contribution < -0.4 is 10.6 Å². The third-order valence-electron chi connectivity index (χ3n) is 3.11. The number of hydrogen-bond acceptors (Lipinski definition) is 2. The molecule has 1 unspecified atom stereocenters. The lowest BCUT2D eigenvalue weighted by atomic mass is 9.94. The van der Waals surface area contributed by atoms with Gasteiger partial charge >= 0.3 is 0 Å². The van der Waals surface area contributed by atoms with E-state index in [0.717, 1.165) is 13.0 Å². The van der Waals surface area contributed by atoms with Crippen LogP contribution in [0, 0.1) is 0 Å². The molecule has 1 amide bonds. The summed E-state index contributed by atoms with van der Waals surface area (Å²) in [6.45, 7) is 6.89. The van der Waals surface area contributed by atoms with Crippen molar-refractivity contribution in [2.75, 3.05) is 0 Å². The predicted molar refractivity (Wildman–Crippen MR) is 73.3 cm³/mol. The lowest BCUT2D eigenvalue weighted by Gasteiger charge is -2.27. The first-order valence-electron chi connectivity index (χ1n) is 6.55. The number of amides is 1. The fraction of sp³-hybridized carbons (Fsp3) is 0.533. The minimum absolute atomic E-state index is 0.124. The molecule has 0 aliphatic carbocycles. The van der Waals surface area contributed by atoms with E-state index in [1.807, 2.05) is 20.8 Å². The Balaban J connectivity index is 1.92. The molecule has 1 aliphatic rings. The quantitative estimate of drug-likeness (QED) is 0.838. The second kappa shape index (κ2) is 5.11. The fourth-order valence-corrected chi connectivity index (χ4v) is 2.36. The second-order valence-electron chi connectivity index (χ2n) is 6.05. The van der Waals surface area contributed by atoms with E-state index in [4.69, 9.17) is 0 Å². The molecule has 0 bridgehead atoms. The molecule has 0 radical (unpaired) electrons. The second-order valence-corrected chi connectivity index (χ2v) is 6.05. The number of benzene rings is 1. The summed E-state index contributed by atoms with van der Waals surface area (Å²) >= 11 is 0. The molecule has 1 heterocycles. The van der Waals surface area contributed by atoms with E-state index < -0.39 is 0 Å². The van der Waals surface area contributed by atoms with Gasteiger partial charge in [0.05, 0.1) is 0 Å². The van der Waals surface area contributed by atoms with Gasteiger partial charge < -0.3 is 10.6 Å². The van der Waals surface area contributed by atoms with Crippen LogP contribution in [0.4, 0.5) is 0 Å². The van der Waals surface area contributed by atoms with Gasteiger partial charge in [-0.2, -0.15) is 0 Å². The van der Waals surface area contributed by atoms with Crippen molar-refractivity contribution in [2.24, 2.45) is 0 Å². The molecule has 18 heavy (non-hydrogen) atoms. The zero-order chi connectivity index (χ0) is 13.2. The van der Waals surface area contributed by atoms with Crippen LogP contribution in [-0.4, -0.2) is 17.5 Å². The van der Waals surface area contributed by atoms with Crippen molar-refractivity contribution < 1.29 is 4.79 Å². The van der Waals surface area contributed by atoms with Crippen molar-refractivity contribution in [1.29, 1.82) is 0 Å². The zero-order valence-corrected chi connectivity index (χ0v) is 11.4. The van der Waals surface area contributed by atoms with Crippen LogP contribution in [0.1, 0.15) is 38.3 Å². The lowest BCUT2D eigenvalue weighted by molar-refractivity contribution is -0.123. The van der Waals surface area contributed by atoms with E-state index in [0.29, 0.717) is 6.42 Å². The molecule has 0 saturated carbocycles. The van der Waals surface area contributed by atoms with Crippen molar-refractivity contribution in [1.82, 2.24) is 10.6 Å². The van der Waals surface area contributed by atoms with Crippen LogP contribution in [0.2, 0.25) is 0 Å². The largest absolute Gasteiger partial charge is 0.351 e. The summed E-state index contributed by atoms with van der Waals surface area (Å²) in [5, 5.41) is 6.44. The molecule has 0 aromatic heterocycles. The summed E-state index contributed by atoms with van der Waals surface area (Å²) in [5.74, 6) is 0.124. The minimum atomic E-state index is -0.149. The van der Waals surface area contributed by atoms with Gasteiger partial charge in [-0.1, -0.05) is 24.3 Å². The monoisotopic (exact) mass is 246 g/mol. The van der Waals surface area contributed by atoms with Gasteiger partial charge in [0.1, 0.15) is 0 Å². The lowest BCUT2D eigenvalue weighted by Crippen LogP contribution is -2.45. The topological polar surface area (TPSA) is 41.1 Å². The number of carbonyl (C=O) groups is 1. The zero-order valence-electron chi connectivity index (χ0n) is 11.4. The Morgan fingerprint density at radius 3 is 2.67 bits per heavy atom. The first-order valence-corrected chi connectivity index (χ1v) is 6.55. The number of nitrogens with one attached hydrogen (secondary N) is 2. The van der Waals surface area contributed by atoms with Crippen LogP contribution in [0.3, 0.4) is 0 Å². The molecule has 1 aromatic carbocycles. The molecule has 1 aliphatic heterocycles. The fourth-order valence-electron chi connectivity index (χ4n) is 2.36. The highest BCUT2D eigenvalue weighted by atomic mass is 16.1. The molecule has 98 valence electrons. The number of hydrogen-bond donors (Lipinski definition) is 2. The molecular weight excluding hydrogens is 224 g/mol. The first kappa shape index (κ1) is 13.1. The molecule has 2 rings (SSSR count). The van der Waals surface area contributed by atoms with E-state index in [2.05, 4.69) is 34.9 Å². The average Bonchev–Trinajstić information content (AvgIpc) is 2.26. The third-order valence-corrected chi connectivity index (χ3v) is 3.11. The van der Waals surface area contributed by atoms with Gasteiger partial charge in [0.15, 0.2) is 0 Å². The van der Waals surface area contributed by atoms with Gasteiger partial charge in [0.25, 0.3) is 0 Å². The minimum Gasteiger partial charge on any atom is -0.351 e. The van der Waals surface area contributed by atoms with Gasteiger partial charge in [-0.25, -0.2) is 0 Å². The molecule has 1 aromatic rings. The normalized spacial score (nSPS) is 19.2. The highest BCUT2D eigenvalue weighted by Crippen LogP contribution is 2.17. The van der Waals surface area contributed by atoms with Crippen molar-refractivity contribution in [3.8, 4) is 0 Å². The highest BCUT2D eigenvalue weighted by molar-refractivity contribution is 5.77. The van der Waals surface area contributed by atoms with Crippen molar-refractivity contribution in [3.05, 3.63) is 35.4 Å². The number of rotatable bonds is 2. The Morgan fingerprint density at radius 2 is 2.00 bits per heavy atom. The van der Waals surface area contributed by atoms with E-state index >= 15 is 0 Å². The van der Waals surface area contributed by atoms with Crippen LogP contribution in [0.25, 0.3) is 0 Å². The number of carbonyl (C=O) groups excluding carboxylic acids is 1. The van der Waals surface area contributed by atoms with Crippen LogP contribution in [-0.2, 0) is 17.8 Å². The summed E-state index contributed by atoms with van der Waals surface area (Å²) in [5.41, 5.74) is 2.57. The van der Waals surface area contributed by atoms with Gasteiger partial charge in [0.2, 0.25) is 5.91 Å². The Kier molecular flexibility index (Phi) is 3.71. The van der Waals surface area contributed by atoms with E-state index in [1.54, 1.807) is 0 Å². The maximum Gasteiger partial charge on any atom is 0.221 e. The Labute approximate surface area is 109 Å². The highest BCUT2D eigenvalue weighted by Gasteiger charge is 2.22. The third kappa shape index (κ3) is 3.57. The average molecular weight is 246 g/mol. The maximum atomic E-state index is 11.9. The number of fused-ring (bicyclic) bond motifs is 1. The SMILES string of the molecule is CC(C)(C)NC(=O)CC1Cc2ccccc2CN1. The van der Waals surface area contributed by atoms with Gasteiger partial charge in [-0.3, -0.25) is 4.79 Å². The van der Waals surface area contributed by atoms with Crippen LogP contribution in [0.5, 0.6) is 0 Å². The molecule has 1 atom stereocenters. The van der Waals surface area contributed by atoms with Crippen LogP contribution >= 0.6 is 0 Å². The Hall–Kier alpha value is -1.35.